The van der Waals surface area contributed by atoms with Crippen LogP contribution in [-0.4, -0.2) is 34.0 Å². The third-order valence-corrected chi connectivity index (χ3v) is 6.95. The highest BCUT2D eigenvalue weighted by Gasteiger charge is 2.31. The molecule has 3 aromatic rings. The van der Waals surface area contributed by atoms with Gasteiger partial charge in [-0.2, -0.15) is 10.5 Å². The van der Waals surface area contributed by atoms with Crippen LogP contribution in [0.1, 0.15) is 63.3 Å². The molecule has 0 atom stereocenters. The average Bonchev–Trinajstić information content (AvgIpc) is 2.90. The van der Waals surface area contributed by atoms with Crippen molar-refractivity contribution in [3.63, 3.8) is 0 Å². The van der Waals surface area contributed by atoms with Crippen molar-refractivity contribution in [2.75, 3.05) is 11.9 Å². The molecular weight excluding hydrogens is 464 g/mol. The summed E-state index contributed by atoms with van der Waals surface area (Å²) in [6.45, 7) is 5.96. The van der Waals surface area contributed by atoms with Crippen LogP contribution in [0.4, 0.5) is 5.69 Å². The third kappa shape index (κ3) is 5.34. The first-order valence-electron chi connectivity index (χ1n) is 12.5. The number of hydrogen-bond acceptors (Lipinski definition) is 7. The fourth-order valence-electron chi connectivity index (χ4n) is 5.02. The smallest absolute Gasteiger partial charge is 0.270 e. The van der Waals surface area contributed by atoms with E-state index >= 15 is 0 Å². The Morgan fingerprint density at radius 1 is 1.14 bits per heavy atom. The molecule has 2 heterocycles. The second kappa shape index (κ2) is 10.4. The second-order valence-corrected chi connectivity index (χ2v) is 10.6. The molecule has 0 aliphatic heterocycles. The van der Waals surface area contributed by atoms with Crippen LogP contribution < -0.4 is 10.5 Å². The quantitative estimate of drug-likeness (QED) is 0.368. The zero-order valence-electron chi connectivity index (χ0n) is 22.0. The van der Waals surface area contributed by atoms with Gasteiger partial charge in [0.05, 0.1) is 23.1 Å². The molecule has 8 nitrogen and oxygen atoms in total. The average molecular weight is 497 g/mol. The van der Waals surface area contributed by atoms with Gasteiger partial charge < -0.3 is 14.3 Å². The van der Waals surface area contributed by atoms with E-state index in [0.29, 0.717) is 16.6 Å². The number of rotatable bonds is 5. The highest BCUT2D eigenvalue weighted by Crippen LogP contribution is 2.36. The van der Waals surface area contributed by atoms with E-state index in [-0.39, 0.29) is 34.4 Å². The Hall–Kier alpha value is -4.17. The molecule has 190 valence electrons. The summed E-state index contributed by atoms with van der Waals surface area (Å²) in [5.74, 6) is 0.236. The lowest BCUT2D eigenvalue weighted by atomic mass is 9.80. The van der Waals surface area contributed by atoms with Gasteiger partial charge in [-0.3, -0.25) is 4.79 Å². The minimum absolute atomic E-state index is 0.0832. The maximum absolute atomic E-state index is 13.0. The topological polar surface area (TPSA) is 107 Å². The first-order valence-corrected chi connectivity index (χ1v) is 12.5. The van der Waals surface area contributed by atoms with Crippen molar-refractivity contribution in [1.82, 2.24) is 9.55 Å². The molecule has 0 radical (unpaired) electrons. The summed E-state index contributed by atoms with van der Waals surface area (Å²) >= 11 is 0. The molecule has 37 heavy (non-hydrogen) atoms. The molecule has 1 saturated carbocycles. The fourth-order valence-corrected chi connectivity index (χ4v) is 5.02. The number of aryl methyl sites for hydroxylation is 1. The van der Waals surface area contributed by atoms with Crippen LogP contribution in [0.25, 0.3) is 10.9 Å². The Balaban J connectivity index is 1.66. The molecule has 4 rings (SSSR count). The Morgan fingerprint density at radius 2 is 1.81 bits per heavy atom. The molecule has 1 aliphatic rings. The lowest BCUT2D eigenvalue weighted by Gasteiger charge is -2.37. The standard InChI is InChI=1S/C29H32N6O2/c1-29(2,3)37-33-26(19-9-7-6-8-10-19)20-11-13-22(14-12-20)34(4)27-23-15-21(16-30)32-18-25(23)35(5)28(36)24(27)17-31/h6-10,15,18,20,22H,11-14H2,1-5H3/b33-26+. The summed E-state index contributed by atoms with van der Waals surface area (Å²) < 4.78 is 1.42. The molecule has 8 heteroatoms. The van der Waals surface area contributed by atoms with E-state index in [1.165, 1.54) is 10.8 Å². The van der Waals surface area contributed by atoms with E-state index in [0.717, 1.165) is 37.0 Å². The lowest BCUT2D eigenvalue weighted by Crippen LogP contribution is -2.38. The Bertz CT molecular complexity index is 1460. The van der Waals surface area contributed by atoms with Crippen molar-refractivity contribution in [3.05, 3.63) is 69.8 Å². The van der Waals surface area contributed by atoms with Gasteiger partial charge in [-0.1, -0.05) is 35.5 Å². The number of anilines is 1. The maximum atomic E-state index is 13.0. The van der Waals surface area contributed by atoms with E-state index in [4.69, 9.17) is 4.84 Å². The summed E-state index contributed by atoms with van der Waals surface area (Å²) in [4.78, 5) is 25.0. The molecule has 0 saturated heterocycles. The minimum Gasteiger partial charge on any atom is -0.390 e. The first kappa shape index (κ1) is 25.9. The lowest BCUT2D eigenvalue weighted by molar-refractivity contribution is -0.0000287. The number of benzene rings is 1. The molecule has 0 spiro atoms. The van der Waals surface area contributed by atoms with Crippen LogP contribution in [0.2, 0.25) is 0 Å². The van der Waals surface area contributed by atoms with Crippen molar-refractivity contribution >= 4 is 22.3 Å². The summed E-state index contributed by atoms with van der Waals surface area (Å²) in [5, 5.41) is 24.6. The van der Waals surface area contributed by atoms with E-state index in [9.17, 15) is 15.3 Å². The molecular formula is C29H32N6O2. The van der Waals surface area contributed by atoms with Crippen molar-refractivity contribution in [2.24, 2.45) is 18.1 Å². The van der Waals surface area contributed by atoms with Gasteiger partial charge in [0.2, 0.25) is 0 Å². The van der Waals surface area contributed by atoms with Gasteiger partial charge in [-0.15, -0.1) is 0 Å². The van der Waals surface area contributed by atoms with E-state index < -0.39 is 0 Å². The number of hydrogen-bond donors (Lipinski definition) is 0. The number of nitrogens with zero attached hydrogens (tertiary/aromatic N) is 6. The monoisotopic (exact) mass is 496 g/mol. The second-order valence-electron chi connectivity index (χ2n) is 10.6. The molecule has 0 N–H and O–H groups in total. The molecule has 0 amide bonds. The fraction of sp³-hybridized carbons (Fsp3) is 0.414. The van der Waals surface area contributed by atoms with Crippen molar-refractivity contribution in [2.45, 2.75) is 58.1 Å². The SMILES string of the molecule is CN(c1c(C#N)c(=O)n(C)c2cnc(C#N)cc12)C1CCC(/C(=N/OC(C)(C)C)c2ccccc2)CC1. The molecule has 1 aliphatic carbocycles. The predicted octanol–water partition coefficient (Wildman–Crippen LogP) is 4.89. The van der Waals surface area contributed by atoms with Gasteiger partial charge in [0.25, 0.3) is 5.56 Å². The molecule has 0 unspecified atom stereocenters. The zero-order chi connectivity index (χ0) is 26.7. The Kier molecular flexibility index (Phi) is 7.31. The van der Waals surface area contributed by atoms with E-state index in [2.05, 4.69) is 34.4 Å². The highest BCUT2D eigenvalue weighted by atomic mass is 16.6. The van der Waals surface area contributed by atoms with Crippen LogP contribution >= 0.6 is 0 Å². The van der Waals surface area contributed by atoms with Gasteiger partial charge in [0.15, 0.2) is 0 Å². The summed E-state index contributed by atoms with van der Waals surface area (Å²) in [6, 6.07) is 16.1. The number of oxime groups is 1. The normalized spacial score (nSPS) is 18.2. The van der Waals surface area contributed by atoms with Crippen molar-refractivity contribution in [1.29, 1.82) is 10.5 Å². The first-order chi connectivity index (χ1) is 17.6. The van der Waals surface area contributed by atoms with E-state index in [1.54, 1.807) is 13.1 Å². The van der Waals surface area contributed by atoms with Gasteiger partial charge >= 0.3 is 0 Å². The van der Waals surface area contributed by atoms with Gasteiger partial charge in [0, 0.05) is 31.4 Å². The van der Waals surface area contributed by atoms with Gasteiger partial charge in [0.1, 0.15) is 29.0 Å². The predicted molar refractivity (Wildman–Crippen MR) is 144 cm³/mol. The molecule has 2 aromatic heterocycles. The zero-order valence-corrected chi connectivity index (χ0v) is 22.0. The van der Waals surface area contributed by atoms with Crippen LogP contribution in [0.3, 0.4) is 0 Å². The van der Waals surface area contributed by atoms with Crippen LogP contribution in [0, 0.1) is 28.6 Å². The Morgan fingerprint density at radius 3 is 2.41 bits per heavy atom. The van der Waals surface area contributed by atoms with Crippen molar-refractivity contribution in [3.8, 4) is 12.1 Å². The maximum Gasteiger partial charge on any atom is 0.270 e. The number of fused-ring (bicyclic) bond motifs is 1. The molecule has 1 fully saturated rings. The van der Waals surface area contributed by atoms with Crippen LogP contribution in [-0.2, 0) is 11.9 Å². The number of nitriles is 2. The summed E-state index contributed by atoms with van der Waals surface area (Å²) in [7, 11) is 3.56. The van der Waals surface area contributed by atoms with E-state index in [1.807, 2.05) is 50.9 Å². The summed E-state index contributed by atoms with van der Waals surface area (Å²) in [5.41, 5.74) is 2.75. The van der Waals surface area contributed by atoms with Crippen molar-refractivity contribution < 1.29 is 4.84 Å². The number of pyridine rings is 2. The largest absolute Gasteiger partial charge is 0.390 e. The third-order valence-electron chi connectivity index (χ3n) is 6.95. The van der Waals surface area contributed by atoms with Crippen LogP contribution in [0.5, 0.6) is 0 Å². The number of aromatic nitrogens is 2. The molecule has 1 aromatic carbocycles. The molecule has 0 bridgehead atoms. The summed E-state index contributed by atoms with van der Waals surface area (Å²) in [6.07, 6.45) is 5.04. The van der Waals surface area contributed by atoms with Gasteiger partial charge in [-0.05, 0) is 58.1 Å². The Labute approximate surface area is 217 Å². The minimum atomic E-state index is -0.386. The van der Waals surface area contributed by atoms with Gasteiger partial charge in [-0.25, -0.2) is 4.98 Å². The van der Waals surface area contributed by atoms with Crippen LogP contribution in [0.15, 0.2) is 52.5 Å². The highest BCUT2D eigenvalue weighted by molar-refractivity contribution is 6.02.